The zero-order valence-electron chi connectivity index (χ0n) is 9.40. The molecule has 0 aromatic carbocycles. The number of carbonyl (C=O) groups is 2. The highest BCUT2D eigenvalue weighted by atomic mass is 35.5. The van der Waals surface area contributed by atoms with Gasteiger partial charge in [0.2, 0.25) is 5.91 Å². The van der Waals surface area contributed by atoms with E-state index in [1.807, 2.05) is 0 Å². The second kappa shape index (κ2) is 5.12. The maximum absolute atomic E-state index is 12.2. The average molecular weight is 288 g/mol. The number of amides is 2. The molecule has 2 heterocycles. The van der Waals surface area contributed by atoms with Crippen LogP contribution in [0.5, 0.6) is 0 Å². The number of nitrogens with zero attached hydrogens (tertiary/aromatic N) is 2. The largest absolute Gasteiger partial charge is 0.368 e. The molecule has 1 aromatic rings. The Hall–Kier alpha value is -1.33. The van der Waals surface area contributed by atoms with Crippen LogP contribution in [0, 0.1) is 0 Å². The van der Waals surface area contributed by atoms with Crippen molar-refractivity contribution in [2.45, 2.75) is 18.9 Å². The van der Waals surface area contributed by atoms with Gasteiger partial charge in [0.1, 0.15) is 11.2 Å². The molecule has 1 saturated heterocycles. The van der Waals surface area contributed by atoms with E-state index in [0.29, 0.717) is 18.5 Å². The molecule has 0 bridgehead atoms. The molecule has 1 aliphatic heterocycles. The number of nitrogens with two attached hydrogens (primary N) is 1. The highest BCUT2D eigenvalue weighted by Gasteiger charge is 2.33. The van der Waals surface area contributed by atoms with Crippen LogP contribution in [-0.4, -0.2) is 34.3 Å². The van der Waals surface area contributed by atoms with Crippen LogP contribution in [0.1, 0.15) is 23.2 Å². The number of rotatable bonds is 2. The van der Waals surface area contributed by atoms with Crippen molar-refractivity contribution in [3.05, 3.63) is 28.0 Å². The molecule has 2 amide bonds. The molecule has 1 atom stereocenters. The molecule has 0 spiro atoms. The van der Waals surface area contributed by atoms with Gasteiger partial charge in [0.05, 0.1) is 10.6 Å². The van der Waals surface area contributed by atoms with Crippen molar-refractivity contribution in [2.24, 2.45) is 5.73 Å². The van der Waals surface area contributed by atoms with Gasteiger partial charge < -0.3 is 10.6 Å². The molecular weight excluding hydrogens is 277 g/mol. The first kappa shape index (κ1) is 13.1. The van der Waals surface area contributed by atoms with Crippen LogP contribution < -0.4 is 5.73 Å². The number of halogens is 2. The Balaban J connectivity index is 2.25. The van der Waals surface area contributed by atoms with E-state index in [1.165, 1.54) is 17.2 Å². The topological polar surface area (TPSA) is 76.3 Å². The molecule has 2 N–H and O–H groups in total. The summed E-state index contributed by atoms with van der Waals surface area (Å²) in [6.07, 6.45) is 2.69. The van der Waals surface area contributed by atoms with Gasteiger partial charge in [0, 0.05) is 12.7 Å². The van der Waals surface area contributed by atoms with Crippen LogP contribution >= 0.6 is 23.2 Å². The lowest BCUT2D eigenvalue weighted by atomic mass is 10.2. The standard InChI is InChI=1S/C11H11Cl2N3O2/c12-7-4-6(5-15-9(7)13)11(18)16-3-1-2-8(16)10(14)17/h4-5,8H,1-3H2,(H2,14,17)/t8-/m1/s1. The fraction of sp³-hybridized carbons (Fsp3) is 0.364. The number of carbonyl (C=O) groups excluding carboxylic acids is 2. The summed E-state index contributed by atoms with van der Waals surface area (Å²) in [5.74, 6) is -0.795. The van der Waals surface area contributed by atoms with Gasteiger partial charge in [-0.15, -0.1) is 0 Å². The number of aromatic nitrogens is 1. The third kappa shape index (κ3) is 2.42. The third-order valence-corrected chi connectivity index (χ3v) is 3.57. The summed E-state index contributed by atoms with van der Waals surface area (Å²) in [6, 6.07) is 0.891. The molecule has 1 fully saturated rings. The molecule has 18 heavy (non-hydrogen) atoms. The summed E-state index contributed by atoms with van der Waals surface area (Å²) in [5.41, 5.74) is 5.57. The number of pyridine rings is 1. The zero-order chi connectivity index (χ0) is 13.3. The highest BCUT2D eigenvalue weighted by Crippen LogP contribution is 2.23. The first-order valence-corrected chi connectivity index (χ1v) is 6.17. The Labute approximate surface area is 114 Å². The average Bonchev–Trinajstić information content (AvgIpc) is 2.81. The predicted octanol–water partition coefficient (Wildman–Crippen LogP) is 1.48. The summed E-state index contributed by atoms with van der Waals surface area (Å²) in [5, 5.41) is 0.346. The lowest BCUT2D eigenvalue weighted by Crippen LogP contribution is -2.43. The van der Waals surface area contributed by atoms with E-state index in [0.717, 1.165) is 6.42 Å². The summed E-state index contributed by atoms with van der Waals surface area (Å²) < 4.78 is 0. The van der Waals surface area contributed by atoms with E-state index >= 15 is 0 Å². The van der Waals surface area contributed by atoms with Crippen LogP contribution in [0.2, 0.25) is 10.2 Å². The van der Waals surface area contributed by atoms with Gasteiger partial charge in [0.25, 0.3) is 5.91 Å². The first-order valence-electron chi connectivity index (χ1n) is 5.42. The van der Waals surface area contributed by atoms with Gasteiger partial charge in [-0.1, -0.05) is 23.2 Å². The molecule has 1 aliphatic rings. The molecule has 0 unspecified atom stereocenters. The van der Waals surface area contributed by atoms with Gasteiger partial charge in [-0.05, 0) is 18.9 Å². The fourth-order valence-electron chi connectivity index (χ4n) is 2.01. The van der Waals surface area contributed by atoms with Crippen LogP contribution in [0.15, 0.2) is 12.3 Å². The van der Waals surface area contributed by atoms with E-state index < -0.39 is 11.9 Å². The van der Waals surface area contributed by atoms with Gasteiger partial charge in [-0.3, -0.25) is 9.59 Å². The monoisotopic (exact) mass is 287 g/mol. The van der Waals surface area contributed by atoms with Gasteiger partial charge >= 0.3 is 0 Å². The van der Waals surface area contributed by atoms with E-state index in [9.17, 15) is 9.59 Å². The normalized spacial score (nSPS) is 19.0. The minimum atomic E-state index is -0.549. The summed E-state index contributed by atoms with van der Waals surface area (Å²) >= 11 is 11.5. The van der Waals surface area contributed by atoms with E-state index in [1.54, 1.807) is 0 Å². The first-order chi connectivity index (χ1) is 8.50. The van der Waals surface area contributed by atoms with Crippen molar-refractivity contribution in [1.82, 2.24) is 9.88 Å². The minimum absolute atomic E-state index is 0.140. The molecular formula is C11H11Cl2N3O2. The third-order valence-electron chi connectivity index (χ3n) is 2.89. The maximum Gasteiger partial charge on any atom is 0.256 e. The predicted molar refractivity (Wildman–Crippen MR) is 67.5 cm³/mol. The van der Waals surface area contributed by atoms with Crippen LogP contribution in [-0.2, 0) is 4.79 Å². The highest BCUT2D eigenvalue weighted by molar-refractivity contribution is 6.41. The van der Waals surface area contributed by atoms with Gasteiger partial charge in [-0.2, -0.15) is 0 Å². The SMILES string of the molecule is NC(=O)[C@H]1CCCN1C(=O)c1cnc(Cl)c(Cl)c1. The Morgan fingerprint density at radius 1 is 1.44 bits per heavy atom. The van der Waals surface area contributed by atoms with E-state index in [4.69, 9.17) is 28.9 Å². The van der Waals surface area contributed by atoms with Gasteiger partial charge in [-0.25, -0.2) is 4.98 Å². The molecule has 96 valence electrons. The number of likely N-dealkylation sites (tertiary alicyclic amines) is 1. The molecule has 2 rings (SSSR count). The lowest BCUT2D eigenvalue weighted by molar-refractivity contribution is -0.121. The Morgan fingerprint density at radius 2 is 2.17 bits per heavy atom. The summed E-state index contributed by atoms with van der Waals surface area (Å²) in [4.78, 5) is 28.7. The van der Waals surface area contributed by atoms with E-state index in [2.05, 4.69) is 4.98 Å². The van der Waals surface area contributed by atoms with Crippen molar-refractivity contribution in [2.75, 3.05) is 6.54 Å². The van der Waals surface area contributed by atoms with Crippen molar-refractivity contribution < 1.29 is 9.59 Å². The fourth-order valence-corrected chi connectivity index (χ4v) is 2.28. The Bertz CT molecular complexity index is 507. The van der Waals surface area contributed by atoms with Crippen molar-refractivity contribution in [3.63, 3.8) is 0 Å². The van der Waals surface area contributed by atoms with Gasteiger partial charge in [0.15, 0.2) is 0 Å². The molecule has 0 saturated carbocycles. The van der Waals surface area contributed by atoms with Crippen LogP contribution in [0.25, 0.3) is 0 Å². The molecule has 0 aliphatic carbocycles. The van der Waals surface area contributed by atoms with Crippen LogP contribution in [0.4, 0.5) is 0 Å². The molecule has 5 nitrogen and oxygen atoms in total. The number of primary amides is 1. The molecule has 0 radical (unpaired) electrons. The van der Waals surface area contributed by atoms with Crippen molar-refractivity contribution in [3.8, 4) is 0 Å². The Kier molecular flexibility index (Phi) is 3.73. The molecule has 1 aromatic heterocycles. The number of hydrogen-bond acceptors (Lipinski definition) is 3. The van der Waals surface area contributed by atoms with Crippen molar-refractivity contribution in [1.29, 1.82) is 0 Å². The quantitative estimate of drug-likeness (QED) is 0.837. The smallest absolute Gasteiger partial charge is 0.256 e. The zero-order valence-corrected chi connectivity index (χ0v) is 10.9. The minimum Gasteiger partial charge on any atom is -0.368 e. The van der Waals surface area contributed by atoms with Crippen LogP contribution in [0.3, 0.4) is 0 Å². The second-order valence-corrected chi connectivity index (χ2v) is 4.82. The second-order valence-electron chi connectivity index (χ2n) is 4.06. The van der Waals surface area contributed by atoms with E-state index in [-0.39, 0.29) is 16.1 Å². The maximum atomic E-state index is 12.2. The summed E-state index contributed by atoms with van der Waals surface area (Å²) in [7, 11) is 0. The van der Waals surface area contributed by atoms with Crippen molar-refractivity contribution >= 4 is 35.0 Å². The summed E-state index contributed by atoms with van der Waals surface area (Å²) in [6.45, 7) is 0.507. The lowest BCUT2D eigenvalue weighted by Gasteiger charge is -2.22. The number of hydrogen-bond donors (Lipinski definition) is 1. The Morgan fingerprint density at radius 3 is 2.78 bits per heavy atom. The molecule has 7 heteroatoms.